The van der Waals surface area contributed by atoms with Gasteiger partial charge in [0.1, 0.15) is 5.92 Å². The molecule has 0 N–H and O–H groups in total. The summed E-state index contributed by atoms with van der Waals surface area (Å²) in [6.45, 7) is 0. The Hall–Kier alpha value is -2.86. The molecule has 0 aliphatic carbocycles. The van der Waals surface area contributed by atoms with Crippen LogP contribution in [0.2, 0.25) is 10.0 Å². The Morgan fingerprint density at radius 1 is 0.733 bits per heavy atom. The van der Waals surface area contributed by atoms with Crippen LogP contribution in [0.25, 0.3) is 0 Å². The first-order chi connectivity index (χ1) is 14.5. The van der Waals surface area contributed by atoms with Crippen LogP contribution < -0.4 is 9.96 Å². The van der Waals surface area contributed by atoms with Crippen molar-refractivity contribution in [1.29, 1.82) is 0 Å². The van der Waals surface area contributed by atoms with Crippen molar-refractivity contribution < 1.29 is 14.4 Å². The van der Waals surface area contributed by atoms with Gasteiger partial charge in [-0.3, -0.25) is 14.4 Å². The number of anilines is 2. The summed E-state index contributed by atoms with van der Waals surface area (Å²) in [4.78, 5) is 33.9. The fourth-order valence-electron chi connectivity index (χ4n) is 4.09. The van der Waals surface area contributed by atoms with E-state index >= 15 is 0 Å². The van der Waals surface area contributed by atoms with Crippen molar-refractivity contribution in [3.63, 3.8) is 0 Å². The molecule has 0 spiro atoms. The molecule has 0 radical (unpaired) electrons. The first-order valence-corrected chi connectivity index (χ1v) is 10.2. The Labute approximate surface area is 183 Å². The fraction of sp³-hybridized carbons (Fsp3) is 0.130. The molecule has 0 unspecified atom stereocenters. The van der Waals surface area contributed by atoms with E-state index in [0.29, 0.717) is 15.7 Å². The highest BCUT2D eigenvalue weighted by molar-refractivity contribution is 6.31. The minimum Gasteiger partial charge on any atom is -0.273 e. The third kappa shape index (κ3) is 3.06. The smallest absolute Gasteiger partial charge is 0.266 e. The maximum Gasteiger partial charge on any atom is 0.266 e. The van der Waals surface area contributed by atoms with Crippen LogP contribution in [0.3, 0.4) is 0 Å². The number of rotatable bonds is 3. The second kappa shape index (κ2) is 7.43. The zero-order valence-corrected chi connectivity index (χ0v) is 17.1. The lowest BCUT2D eigenvalue weighted by molar-refractivity contribution is -0.126. The van der Waals surface area contributed by atoms with Crippen LogP contribution in [0.4, 0.5) is 11.4 Å². The molecule has 2 amide bonds. The highest BCUT2D eigenvalue weighted by Crippen LogP contribution is 2.47. The van der Waals surface area contributed by atoms with Crippen LogP contribution in [-0.2, 0) is 14.4 Å². The maximum absolute atomic E-state index is 13.5. The number of fused-ring (bicyclic) bond motifs is 1. The molecule has 0 saturated carbocycles. The standard InChI is InChI=1S/C23H16Cl2N2O3/c24-15-9-11-17(12-10-15)26-22(28)19-20(14-5-4-6-16(25)13-14)27(30-21(19)23(26)29)18-7-2-1-3-8-18/h1-13,19-21H/t19-,20+,21+/m1/s1. The van der Waals surface area contributed by atoms with Crippen molar-refractivity contribution in [1.82, 2.24) is 0 Å². The molecule has 2 fully saturated rings. The van der Waals surface area contributed by atoms with Crippen molar-refractivity contribution in [3.05, 3.63) is 94.5 Å². The van der Waals surface area contributed by atoms with Crippen molar-refractivity contribution in [2.24, 2.45) is 5.92 Å². The summed E-state index contributed by atoms with van der Waals surface area (Å²) in [6, 6.07) is 22.8. The van der Waals surface area contributed by atoms with Gasteiger partial charge in [-0.05, 0) is 54.1 Å². The summed E-state index contributed by atoms with van der Waals surface area (Å²) in [5.41, 5.74) is 2.04. The second-order valence-corrected chi connectivity index (χ2v) is 8.07. The Morgan fingerprint density at radius 2 is 1.47 bits per heavy atom. The molecule has 5 nitrogen and oxygen atoms in total. The molecule has 2 saturated heterocycles. The van der Waals surface area contributed by atoms with Gasteiger partial charge in [0.25, 0.3) is 5.91 Å². The molecule has 7 heteroatoms. The molecule has 150 valence electrons. The molecule has 30 heavy (non-hydrogen) atoms. The quantitative estimate of drug-likeness (QED) is 0.537. The number of hydroxylamine groups is 1. The van der Waals surface area contributed by atoms with E-state index in [2.05, 4.69) is 0 Å². The molecule has 0 bridgehead atoms. The Kier molecular flexibility index (Phi) is 4.74. The van der Waals surface area contributed by atoms with E-state index in [1.165, 1.54) is 4.90 Å². The predicted molar refractivity (Wildman–Crippen MR) is 115 cm³/mol. The largest absolute Gasteiger partial charge is 0.273 e. The van der Waals surface area contributed by atoms with Gasteiger partial charge in [-0.25, -0.2) is 9.96 Å². The van der Waals surface area contributed by atoms with Gasteiger partial charge in [0, 0.05) is 10.0 Å². The first-order valence-electron chi connectivity index (χ1n) is 9.44. The number of hydrogen-bond acceptors (Lipinski definition) is 4. The zero-order chi connectivity index (χ0) is 20.8. The average molecular weight is 439 g/mol. The minimum absolute atomic E-state index is 0.310. The van der Waals surface area contributed by atoms with Crippen molar-refractivity contribution in [3.8, 4) is 0 Å². The predicted octanol–water partition coefficient (Wildman–Crippen LogP) is 5.04. The van der Waals surface area contributed by atoms with Crippen LogP contribution in [0.5, 0.6) is 0 Å². The van der Waals surface area contributed by atoms with Gasteiger partial charge in [0.15, 0.2) is 6.10 Å². The molecule has 2 aliphatic heterocycles. The van der Waals surface area contributed by atoms with E-state index in [1.807, 2.05) is 42.5 Å². The number of halogens is 2. The topological polar surface area (TPSA) is 49.9 Å². The van der Waals surface area contributed by atoms with Gasteiger partial charge in [-0.15, -0.1) is 0 Å². The molecular formula is C23H16Cl2N2O3. The van der Waals surface area contributed by atoms with Crippen molar-refractivity contribution in [2.75, 3.05) is 9.96 Å². The van der Waals surface area contributed by atoms with Crippen LogP contribution >= 0.6 is 23.2 Å². The third-order valence-corrected chi connectivity index (χ3v) is 5.89. The van der Waals surface area contributed by atoms with Gasteiger partial charge in [-0.1, -0.05) is 53.5 Å². The SMILES string of the molecule is O=C1[C@H]2[C@H](ON(c3ccccc3)[C@H]2c2cccc(Cl)c2)C(=O)N1c1ccc(Cl)cc1. The maximum atomic E-state index is 13.5. The molecule has 2 heterocycles. The van der Waals surface area contributed by atoms with Gasteiger partial charge in [-0.2, -0.15) is 0 Å². The summed E-state index contributed by atoms with van der Waals surface area (Å²) < 4.78 is 0. The zero-order valence-electron chi connectivity index (χ0n) is 15.6. The monoisotopic (exact) mass is 438 g/mol. The Bertz CT molecular complexity index is 1120. The fourth-order valence-corrected chi connectivity index (χ4v) is 4.41. The molecule has 3 aromatic rings. The van der Waals surface area contributed by atoms with E-state index < -0.39 is 24.0 Å². The van der Waals surface area contributed by atoms with Crippen LogP contribution in [0, 0.1) is 5.92 Å². The lowest BCUT2D eigenvalue weighted by atomic mass is 9.90. The number of imide groups is 1. The number of nitrogens with zero attached hydrogens (tertiary/aromatic N) is 2. The minimum atomic E-state index is -0.919. The van der Waals surface area contributed by atoms with Gasteiger partial charge >= 0.3 is 0 Å². The lowest BCUT2D eigenvalue weighted by Gasteiger charge is -2.28. The van der Waals surface area contributed by atoms with Crippen LogP contribution in [-0.4, -0.2) is 17.9 Å². The van der Waals surface area contributed by atoms with Crippen LogP contribution in [0.15, 0.2) is 78.9 Å². The first kappa shape index (κ1) is 19.1. The number of carbonyl (C=O) groups is 2. The molecule has 0 aromatic heterocycles. The van der Waals surface area contributed by atoms with Crippen molar-refractivity contribution >= 4 is 46.4 Å². The summed E-state index contributed by atoms with van der Waals surface area (Å²) in [7, 11) is 0. The average Bonchev–Trinajstić information content (AvgIpc) is 3.26. The molecule has 3 aromatic carbocycles. The van der Waals surface area contributed by atoms with Gasteiger partial charge < -0.3 is 0 Å². The third-order valence-electron chi connectivity index (χ3n) is 5.40. The molecule has 2 aliphatic rings. The van der Waals surface area contributed by atoms with E-state index in [9.17, 15) is 9.59 Å². The summed E-state index contributed by atoms with van der Waals surface area (Å²) in [6.07, 6.45) is -0.919. The van der Waals surface area contributed by atoms with E-state index in [-0.39, 0.29) is 5.91 Å². The number of amides is 2. The number of para-hydroxylation sites is 1. The Morgan fingerprint density at radius 3 is 2.17 bits per heavy atom. The molecule has 3 atom stereocenters. The van der Waals surface area contributed by atoms with E-state index in [0.717, 1.165) is 11.3 Å². The highest BCUT2D eigenvalue weighted by atomic mass is 35.5. The van der Waals surface area contributed by atoms with Gasteiger partial charge in [0.2, 0.25) is 5.91 Å². The second-order valence-electron chi connectivity index (χ2n) is 7.20. The van der Waals surface area contributed by atoms with Crippen molar-refractivity contribution in [2.45, 2.75) is 12.1 Å². The summed E-state index contributed by atoms with van der Waals surface area (Å²) in [5, 5.41) is 2.73. The van der Waals surface area contributed by atoms with Gasteiger partial charge in [0.05, 0.1) is 17.4 Å². The van der Waals surface area contributed by atoms with E-state index in [1.54, 1.807) is 41.5 Å². The number of hydrogen-bond donors (Lipinski definition) is 0. The normalized spacial score (nSPS) is 23.2. The summed E-state index contributed by atoms with van der Waals surface area (Å²) in [5.74, 6) is -1.40. The van der Waals surface area contributed by atoms with Crippen LogP contribution in [0.1, 0.15) is 11.6 Å². The lowest BCUT2D eigenvalue weighted by Crippen LogP contribution is -2.37. The molecule has 5 rings (SSSR count). The molecular weight excluding hydrogens is 423 g/mol. The highest BCUT2D eigenvalue weighted by Gasteiger charge is 2.60. The number of benzene rings is 3. The Balaban J connectivity index is 1.59. The number of carbonyl (C=O) groups excluding carboxylic acids is 2. The van der Waals surface area contributed by atoms with E-state index in [4.69, 9.17) is 28.0 Å². The summed E-state index contributed by atoms with van der Waals surface area (Å²) >= 11 is 12.2.